The molecule has 0 saturated carbocycles. The van der Waals surface area contributed by atoms with Gasteiger partial charge in [0.15, 0.2) is 5.78 Å². The van der Waals surface area contributed by atoms with Crippen molar-refractivity contribution in [1.82, 2.24) is 9.78 Å². The average molecular weight is 297 g/mol. The molecule has 3 nitrogen and oxygen atoms in total. The molecule has 2 heterocycles. The van der Waals surface area contributed by atoms with Crippen LogP contribution in [0.3, 0.4) is 0 Å². The Balaban J connectivity index is 2.11. The molecule has 0 aliphatic rings. The van der Waals surface area contributed by atoms with Crippen molar-refractivity contribution in [2.45, 2.75) is 39.7 Å². The lowest BCUT2D eigenvalue weighted by Gasteiger charge is -2.07. The molecule has 0 aliphatic heterocycles. The Kier molecular flexibility index (Phi) is 4.42. The fourth-order valence-corrected chi connectivity index (χ4v) is 3.01. The van der Waals surface area contributed by atoms with Crippen molar-refractivity contribution in [2.75, 3.05) is 0 Å². The molecule has 2 aromatic rings. The standard InChI is InChI=1S/C14H17ClN2OS/c1-4-10(3)17-6-5-11(16-17)7-12(18)14-13(15)9(2)8-19-14/h5-6,8,10H,4,7H2,1-3H3. The highest BCUT2D eigenvalue weighted by molar-refractivity contribution is 7.13. The molecular formula is C14H17ClN2OS. The molecule has 1 unspecified atom stereocenters. The molecule has 1 atom stereocenters. The minimum Gasteiger partial charge on any atom is -0.293 e. The predicted octanol–water partition coefficient (Wildman–Crippen LogP) is 4.30. The van der Waals surface area contributed by atoms with Gasteiger partial charge in [0.2, 0.25) is 0 Å². The number of aryl methyl sites for hydroxylation is 1. The van der Waals surface area contributed by atoms with E-state index >= 15 is 0 Å². The topological polar surface area (TPSA) is 34.9 Å². The van der Waals surface area contributed by atoms with Crippen LogP contribution in [0, 0.1) is 6.92 Å². The molecule has 0 spiro atoms. The van der Waals surface area contributed by atoms with Gasteiger partial charge in [0, 0.05) is 12.2 Å². The molecule has 0 bridgehead atoms. The summed E-state index contributed by atoms with van der Waals surface area (Å²) >= 11 is 7.52. The van der Waals surface area contributed by atoms with Crippen LogP contribution in [-0.4, -0.2) is 15.6 Å². The molecule has 2 aromatic heterocycles. The predicted molar refractivity (Wildman–Crippen MR) is 79.3 cm³/mol. The van der Waals surface area contributed by atoms with E-state index in [-0.39, 0.29) is 5.78 Å². The summed E-state index contributed by atoms with van der Waals surface area (Å²) in [7, 11) is 0. The Morgan fingerprint density at radius 2 is 2.32 bits per heavy atom. The second-order valence-electron chi connectivity index (χ2n) is 4.71. The van der Waals surface area contributed by atoms with Gasteiger partial charge in [-0.1, -0.05) is 18.5 Å². The number of ketones is 1. The second kappa shape index (κ2) is 5.88. The number of hydrogen-bond acceptors (Lipinski definition) is 3. The fourth-order valence-electron chi connectivity index (χ4n) is 1.77. The first-order chi connectivity index (χ1) is 9.02. The van der Waals surface area contributed by atoms with Crippen LogP contribution in [0.4, 0.5) is 0 Å². The molecule has 0 N–H and O–H groups in total. The summed E-state index contributed by atoms with van der Waals surface area (Å²) < 4.78 is 1.91. The zero-order chi connectivity index (χ0) is 14.0. The van der Waals surface area contributed by atoms with Crippen molar-refractivity contribution < 1.29 is 4.79 Å². The zero-order valence-corrected chi connectivity index (χ0v) is 12.9. The summed E-state index contributed by atoms with van der Waals surface area (Å²) in [5.74, 6) is 0.0394. The van der Waals surface area contributed by atoms with Gasteiger partial charge in [0.05, 0.1) is 22.0 Å². The Morgan fingerprint density at radius 3 is 2.89 bits per heavy atom. The number of Topliss-reactive ketones (excluding diaryl/α,β-unsaturated/α-hetero) is 1. The lowest BCUT2D eigenvalue weighted by Crippen LogP contribution is -2.07. The lowest BCUT2D eigenvalue weighted by molar-refractivity contribution is 0.0995. The highest BCUT2D eigenvalue weighted by Crippen LogP contribution is 2.28. The second-order valence-corrected chi connectivity index (χ2v) is 5.96. The normalized spacial score (nSPS) is 12.6. The maximum atomic E-state index is 12.2. The van der Waals surface area contributed by atoms with Gasteiger partial charge in [0.1, 0.15) is 0 Å². The van der Waals surface area contributed by atoms with E-state index in [4.69, 9.17) is 11.6 Å². The Hall–Kier alpha value is -1.13. The average Bonchev–Trinajstić information content (AvgIpc) is 2.97. The summed E-state index contributed by atoms with van der Waals surface area (Å²) in [6, 6.07) is 2.26. The first kappa shape index (κ1) is 14.3. The van der Waals surface area contributed by atoms with Gasteiger partial charge < -0.3 is 0 Å². The van der Waals surface area contributed by atoms with Crippen LogP contribution in [0.15, 0.2) is 17.6 Å². The quantitative estimate of drug-likeness (QED) is 0.771. The third-order valence-corrected chi connectivity index (χ3v) is 4.94. The number of nitrogens with zero attached hydrogens (tertiary/aromatic N) is 2. The molecule has 102 valence electrons. The maximum Gasteiger partial charge on any atom is 0.180 e. The monoisotopic (exact) mass is 296 g/mol. The molecule has 0 aromatic carbocycles. The first-order valence-electron chi connectivity index (χ1n) is 6.33. The van der Waals surface area contributed by atoms with Crippen molar-refractivity contribution in [3.05, 3.63) is 38.8 Å². The van der Waals surface area contributed by atoms with Crippen LogP contribution in [0.2, 0.25) is 5.02 Å². The summed E-state index contributed by atoms with van der Waals surface area (Å²) in [4.78, 5) is 12.8. The number of carbonyl (C=O) groups excluding carboxylic acids is 1. The smallest absolute Gasteiger partial charge is 0.180 e. The van der Waals surface area contributed by atoms with E-state index in [2.05, 4.69) is 18.9 Å². The zero-order valence-electron chi connectivity index (χ0n) is 11.3. The molecule has 0 aliphatic carbocycles. The van der Waals surface area contributed by atoms with Crippen molar-refractivity contribution in [2.24, 2.45) is 0 Å². The van der Waals surface area contributed by atoms with Crippen LogP contribution in [0.25, 0.3) is 0 Å². The maximum absolute atomic E-state index is 12.2. The van der Waals surface area contributed by atoms with Crippen LogP contribution in [-0.2, 0) is 6.42 Å². The fraction of sp³-hybridized carbons (Fsp3) is 0.429. The minimum atomic E-state index is 0.0394. The van der Waals surface area contributed by atoms with Crippen molar-refractivity contribution >= 4 is 28.7 Å². The van der Waals surface area contributed by atoms with E-state index in [0.29, 0.717) is 22.4 Å². The van der Waals surface area contributed by atoms with Gasteiger partial charge in [-0.3, -0.25) is 9.48 Å². The van der Waals surface area contributed by atoms with Gasteiger partial charge in [0.25, 0.3) is 0 Å². The Bertz CT molecular complexity index is 588. The Morgan fingerprint density at radius 1 is 1.58 bits per heavy atom. The first-order valence-corrected chi connectivity index (χ1v) is 7.59. The van der Waals surface area contributed by atoms with Gasteiger partial charge in [-0.15, -0.1) is 11.3 Å². The van der Waals surface area contributed by atoms with Gasteiger partial charge in [-0.2, -0.15) is 5.10 Å². The molecule has 0 saturated heterocycles. The number of carbonyl (C=O) groups is 1. The van der Waals surface area contributed by atoms with E-state index in [1.165, 1.54) is 11.3 Å². The van der Waals surface area contributed by atoms with Crippen LogP contribution in [0.1, 0.15) is 47.2 Å². The summed E-state index contributed by atoms with van der Waals surface area (Å²) in [6.45, 7) is 6.14. The SMILES string of the molecule is CCC(C)n1ccc(CC(=O)c2scc(C)c2Cl)n1. The van der Waals surface area contributed by atoms with Crippen molar-refractivity contribution in [3.63, 3.8) is 0 Å². The highest BCUT2D eigenvalue weighted by Gasteiger charge is 2.16. The largest absolute Gasteiger partial charge is 0.293 e. The van der Waals surface area contributed by atoms with E-state index < -0.39 is 0 Å². The summed E-state index contributed by atoms with van der Waals surface area (Å²) in [5.41, 5.74) is 1.76. The molecule has 2 rings (SSSR count). The summed E-state index contributed by atoms with van der Waals surface area (Å²) in [5, 5.41) is 6.93. The number of hydrogen-bond donors (Lipinski definition) is 0. The van der Waals surface area contributed by atoms with Crippen molar-refractivity contribution in [1.29, 1.82) is 0 Å². The van der Waals surface area contributed by atoms with E-state index in [0.717, 1.165) is 17.7 Å². The third-order valence-electron chi connectivity index (χ3n) is 3.20. The number of thiophene rings is 1. The molecular weight excluding hydrogens is 280 g/mol. The Labute approximate surface area is 122 Å². The summed E-state index contributed by atoms with van der Waals surface area (Å²) in [6.07, 6.45) is 3.26. The molecule has 0 amide bonds. The van der Waals surface area contributed by atoms with E-state index in [1.54, 1.807) is 0 Å². The van der Waals surface area contributed by atoms with E-state index in [9.17, 15) is 4.79 Å². The molecule has 0 radical (unpaired) electrons. The highest BCUT2D eigenvalue weighted by atomic mass is 35.5. The van der Waals surface area contributed by atoms with E-state index in [1.807, 2.05) is 29.2 Å². The number of halogens is 1. The lowest BCUT2D eigenvalue weighted by atomic mass is 10.2. The van der Waals surface area contributed by atoms with Crippen LogP contribution in [0.5, 0.6) is 0 Å². The molecule has 19 heavy (non-hydrogen) atoms. The van der Waals surface area contributed by atoms with Gasteiger partial charge in [-0.05, 0) is 37.3 Å². The molecule has 5 heteroatoms. The minimum absolute atomic E-state index is 0.0394. The van der Waals surface area contributed by atoms with Crippen LogP contribution < -0.4 is 0 Å². The number of rotatable bonds is 5. The molecule has 0 fully saturated rings. The number of aromatic nitrogens is 2. The third kappa shape index (κ3) is 3.07. The van der Waals surface area contributed by atoms with Crippen LogP contribution >= 0.6 is 22.9 Å². The van der Waals surface area contributed by atoms with Gasteiger partial charge >= 0.3 is 0 Å². The van der Waals surface area contributed by atoms with Crippen molar-refractivity contribution in [3.8, 4) is 0 Å². The van der Waals surface area contributed by atoms with Gasteiger partial charge in [-0.25, -0.2) is 0 Å².